The smallest absolute Gasteiger partial charge is 0.0834 e. The van der Waals surface area contributed by atoms with Gasteiger partial charge in [-0.1, -0.05) is 25.4 Å². The molecule has 0 aliphatic heterocycles. The van der Waals surface area contributed by atoms with E-state index in [-0.39, 0.29) is 6.04 Å². The number of nitrogens with zero attached hydrogens (tertiary/aromatic N) is 3. The summed E-state index contributed by atoms with van der Waals surface area (Å²) >= 11 is 6.23. The zero-order valence-corrected chi connectivity index (χ0v) is 12.0. The number of rotatable bonds is 7. The van der Waals surface area contributed by atoms with Gasteiger partial charge in [0, 0.05) is 6.54 Å². The highest BCUT2D eigenvalue weighted by Gasteiger charge is 2.17. The third-order valence-corrected chi connectivity index (χ3v) is 3.07. The van der Waals surface area contributed by atoms with E-state index in [1.165, 1.54) is 0 Å². The van der Waals surface area contributed by atoms with Gasteiger partial charge in [-0.2, -0.15) is 5.10 Å². The molecule has 17 heavy (non-hydrogen) atoms. The Labute approximate surface area is 109 Å². The van der Waals surface area contributed by atoms with E-state index in [9.17, 15) is 0 Å². The summed E-state index contributed by atoms with van der Waals surface area (Å²) in [5.41, 5.74) is 1.11. The van der Waals surface area contributed by atoms with Gasteiger partial charge in [0.05, 0.1) is 29.5 Å². The molecule has 0 aromatic carbocycles. The fourth-order valence-corrected chi connectivity index (χ4v) is 2.14. The van der Waals surface area contributed by atoms with Gasteiger partial charge in [-0.25, -0.2) is 0 Å². The summed E-state index contributed by atoms with van der Waals surface area (Å²) in [6, 6.07) is 0.289. The Morgan fingerprint density at radius 3 is 2.71 bits per heavy atom. The van der Waals surface area contributed by atoms with E-state index in [1.807, 2.05) is 4.68 Å². The standard InChI is InChI=1S/C12H23ClN4/c1-5-11(14-6-2)12-10(13)9-15-17(12)8-7-16(3)4/h9,11,14H,5-8H2,1-4H3. The van der Waals surface area contributed by atoms with Crippen LogP contribution in [-0.4, -0.2) is 41.9 Å². The first-order chi connectivity index (χ1) is 8.10. The zero-order chi connectivity index (χ0) is 12.8. The molecule has 1 heterocycles. The average molecular weight is 259 g/mol. The number of nitrogens with one attached hydrogen (secondary N) is 1. The van der Waals surface area contributed by atoms with Crippen molar-refractivity contribution < 1.29 is 0 Å². The van der Waals surface area contributed by atoms with Crippen molar-refractivity contribution in [2.75, 3.05) is 27.2 Å². The first-order valence-corrected chi connectivity index (χ1v) is 6.57. The number of hydrogen-bond acceptors (Lipinski definition) is 3. The molecule has 1 unspecified atom stereocenters. The SMILES string of the molecule is CCNC(CC)c1c(Cl)cnn1CCN(C)C. The largest absolute Gasteiger partial charge is 0.309 e. The minimum atomic E-state index is 0.289. The Balaban J connectivity index is 2.84. The summed E-state index contributed by atoms with van der Waals surface area (Å²) in [5.74, 6) is 0. The number of likely N-dealkylation sites (N-methyl/N-ethyl adjacent to an activating group) is 1. The van der Waals surface area contributed by atoms with Gasteiger partial charge in [0.2, 0.25) is 0 Å². The van der Waals surface area contributed by atoms with Crippen LogP contribution < -0.4 is 5.32 Å². The predicted molar refractivity (Wildman–Crippen MR) is 72.5 cm³/mol. The molecule has 0 radical (unpaired) electrons. The Hall–Kier alpha value is -0.580. The maximum atomic E-state index is 6.23. The van der Waals surface area contributed by atoms with Crippen LogP contribution in [0.2, 0.25) is 5.02 Å². The lowest BCUT2D eigenvalue weighted by Crippen LogP contribution is -2.26. The summed E-state index contributed by atoms with van der Waals surface area (Å²) in [5, 5.41) is 8.56. The van der Waals surface area contributed by atoms with Crippen LogP contribution in [0.4, 0.5) is 0 Å². The Bertz CT molecular complexity index is 335. The van der Waals surface area contributed by atoms with Crippen LogP contribution in [0.15, 0.2) is 6.20 Å². The van der Waals surface area contributed by atoms with E-state index in [2.05, 4.69) is 43.3 Å². The van der Waals surface area contributed by atoms with Gasteiger partial charge in [-0.3, -0.25) is 4.68 Å². The minimum Gasteiger partial charge on any atom is -0.309 e. The van der Waals surface area contributed by atoms with Gasteiger partial charge in [0.25, 0.3) is 0 Å². The fraction of sp³-hybridized carbons (Fsp3) is 0.750. The third kappa shape index (κ3) is 3.98. The summed E-state index contributed by atoms with van der Waals surface area (Å²) in [4.78, 5) is 2.15. The summed E-state index contributed by atoms with van der Waals surface area (Å²) in [6.07, 6.45) is 2.76. The van der Waals surface area contributed by atoms with Crippen LogP contribution in [-0.2, 0) is 6.54 Å². The number of aromatic nitrogens is 2. The molecule has 0 aliphatic carbocycles. The van der Waals surface area contributed by atoms with Gasteiger partial charge in [0.1, 0.15) is 0 Å². The maximum absolute atomic E-state index is 6.23. The molecule has 1 rings (SSSR count). The van der Waals surface area contributed by atoms with Crippen molar-refractivity contribution >= 4 is 11.6 Å². The highest BCUT2D eigenvalue weighted by molar-refractivity contribution is 6.31. The average Bonchev–Trinajstić information content (AvgIpc) is 2.65. The van der Waals surface area contributed by atoms with E-state index in [4.69, 9.17) is 11.6 Å². The van der Waals surface area contributed by atoms with E-state index >= 15 is 0 Å². The molecule has 1 aromatic rings. The molecule has 0 aliphatic rings. The van der Waals surface area contributed by atoms with Crippen LogP contribution in [0.3, 0.4) is 0 Å². The summed E-state index contributed by atoms with van der Waals surface area (Å²) in [7, 11) is 4.12. The van der Waals surface area contributed by atoms with Crippen molar-refractivity contribution in [3.8, 4) is 0 Å². The molecule has 1 aromatic heterocycles. The van der Waals surface area contributed by atoms with Crippen molar-refractivity contribution in [1.29, 1.82) is 0 Å². The first kappa shape index (κ1) is 14.5. The molecule has 4 nitrogen and oxygen atoms in total. The lowest BCUT2D eigenvalue weighted by Gasteiger charge is -2.19. The second kappa shape index (κ2) is 6.99. The quantitative estimate of drug-likeness (QED) is 0.814. The van der Waals surface area contributed by atoms with Crippen LogP contribution >= 0.6 is 11.6 Å². The monoisotopic (exact) mass is 258 g/mol. The highest BCUT2D eigenvalue weighted by atomic mass is 35.5. The van der Waals surface area contributed by atoms with Crippen LogP contribution in [0.5, 0.6) is 0 Å². The van der Waals surface area contributed by atoms with Gasteiger partial charge < -0.3 is 10.2 Å². The van der Waals surface area contributed by atoms with Crippen molar-refractivity contribution in [2.45, 2.75) is 32.9 Å². The Kier molecular flexibility index (Phi) is 5.95. The van der Waals surface area contributed by atoms with E-state index in [0.29, 0.717) is 0 Å². The molecule has 1 N–H and O–H groups in total. The van der Waals surface area contributed by atoms with Crippen LogP contribution in [0.1, 0.15) is 32.0 Å². The molecule has 0 fully saturated rings. The molecule has 0 saturated carbocycles. The summed E-state index contributed by atoms with van der Waals surface area (Å²) in [6.45, 7) is 7.04. The predicted octanol–water partition coefficient (Wildman–Crippen LogP) is 2.16. The zero-order valence-electron chi connectivity index (χ0n) is 11.2. The van der Waals surface area contributed by atoms with Crippen molar-refractivity contribution in [3.05, 3.63) is 16.9 Å². The lowest BCUT2D eigenvalue weighted by atomic mass is 10.1. The molecule has 0 amide bonds. The second-order valence-corrected chi connectivity index (χ2v) is 4.83. The van der Waals surface area contributed by atoms with Crippen LogP contribution in [0, 0.1) is 0 Å². The topological polar surface area (TPSA) is 33.1 Å². The molecule has 0 saturated heterocycles. The Morgan fingerprint density at radius 1 is 1.47 bits per heavy atom. The molecule has 5 heteroatoms. The number of halogens is 1. The van der Waals surface area contributed by atoms with E-state index < -0.39 is 0 Å². The van der Waals surface area contributed by atoms with Gasteiger partial charge in [-0.05, 0) is 27.1 Å². The lowest BCUT2D eigenvalue weighted by molar-refractivity contribution is 0.361. The molecule has 1 atom stereocenters. The molecular formula is C12H23ClN4. The molecule has 0 bridgehead atoms. The first-order valence-electron chi connectivity index (χ1n) is 6.19. The van der Waals surface area contributed by atoms with Crippen molar-refractivity contribution in [3.63, 3.8) is 0 Å². The summed E-state index contributed by atoms with van der Waals surface area (Å²) < 4.78 is 2.01. The molecular weight excluding hydrogens is 236 g/mol. The molecule has 98 valence electrons. The van der Waals surface area contributed by atoms with Gasteiger partial charge in [0.15, 0.2) is 0 Å². The normalized spacial score (nSPS) is 13.3. The van der Waals surface area contributed by atoms with Gasteiger partial charge >= 0.3 is 0 Å². The fourth-order valence-electron chi connectivity index (χ4n) is 1.87. The van der Waals surface area contributed by atoms with Crippen molar-refractivity contribution in [1.82, 2.24) is 20.0 Å². The second-order valence-electron chi connectivity index (χ2n) is 4.42. The Morgan fingerprint density at radius 2 is 2.18 bits per heavy atom. The van der Waals surface area contributed by atoms with Gasteiger partial charge in [-0.15, -0.1) is 0 Å². The highest BCUT2D eigenvalue weighted by Crippen LogP contribution is 2.24. The van der Waals surface area contributed by atoms with Crippen molar-refractivity contribution in [2.24, 2.45) is 0 Å². The van der Waals surface area contributed by atoms with E-state index in [0.717, 1.165) is 36.8 Å². The maximum Gasteiger partial charge on any atom is 0.0834 e. The van der Waals surface area contributed by atoms with Crippen LogP contribution in [0.25, 0.3) is 0 Å². The minimum absolute atomic E-state index is 0.289. The molecule has 0 spiro atoms. The number of hydrogen-bond donors (Lipinski definition) is 1. The van der Waals surface area contributed by atoms with E-state index in [1.54, 1.807) is 6.20 Å². The third-order valence-electron chi connectivity index (χ3n) is 2.78.